The zero-order valence-electron chi connectivity index (χ0n) is 14.7. The van der Waals surface area contributed by atoms with Crippen LogP contribution in [0.15, 0.2) is 40.6 Å². The van der Waals surface area contributed by atoms with Crippen molar-refractivity contribution in [1.82, 2.24) is 0 Å². The van der Waals surface area contributed by atoms with Gasteiger partial charge in [0.15, 0.2) is 5.78 Å². The van der Waals surface area contributed by atoms with Crippen molar-refractivity contribution < 1.29 is 17.1 Å². The zero-order chi connectivity index (χ0) is 17.1. The van der Waals surface area contributed by atoms with E-state index in [4.69, 9.17) is 7.48 Å². The quantitative estimate of drug-likeness (QED) is 0.450. The Morgan fingerprint density at radius 1 is 1.60 bits per heavy atom. The number of hydrogen-bond acceptors (Lipinski definition) is 3. The van der Waals surface area contributed by atoms with Gasteiger partial charge in [-0.05, 0) is 43.2 Å². The third kappa shape index (κ3) is 4.67. The Morgan fingerprint density at radius 2 is 2.25 bits per heavy atom. The molecule has 0 N–H and O–H groups in total. The summed E-state index contributed by atoms with van der Waals surface area (Å²) in [4.78, 5) is 22.5. The first kappa shape index (κ1) is 13.1. The predicted octanol–water partition coefficient (Wildman–Crippen LogP) is 3.52. The molecule has 3 heteroatoms. The van der Waals surface area contributed by atoms with Crippen molar-refractivity contribution in [1.29, 1.82) is 0 Å². The summed E-state index contributed by atoms with van der Waals surface area (Å²) in [6.07, 6.45) is 1.88. The van der Waals surface area contributed by atoms with E-state index in [1.165, 1.54) is 6.92 Å². The van der Waals surface area contributed by atoms with E-state index < -0.39 is 5.41 Å². The minimum atomic E-state index is -0.450. The van der Waals surface area contributed by atoms with E-state index in [1.54, 1.807) is 19.9 Å². The molecule has 0 saturated carbocycles. The summed E-state index contributed by atoms with van der Waals surface area (Å²) in [5, 5.41) is 0. The second-order valence-corrected chi connectivity index (χ2v) is 5.55. The molecule has 0 aromatic carbocycles. The summed E-state index contributed by atoms with van der Waals surface area (Å²) >= 11 is 0. The van der Waals surface area contributed by atoms with Gasteiger partial charge in [0.1, 0.15) is 6.61 Å². The molecule has 1 aliphatic carbocycles. The molecule has 1 rings (SSSR count). The van der Waals surface area contributed by atoms with Crippen LogP contribution >= 0.6 is 0 Å². The fourth-order valence-corrected chi connectivity index (χ4v) is 2.07. The first-order chi connectivity index (χ1) is 10.1. The van der Waals surface area contributed by atoms with Gasteiger partial charge in [-0.15, -0.1) is 5.73 Å². The fourth-order valence-electron chi connectivity index (χ4n) is 2.07. The maximum absolute atomic E-state index is 11.8. The van der Waals surface area contributed by atoms with Gasteiger partial charge in [-0.1, -0.05) is 13.8 Å². The molecule has 0 spiro atoms. The van der Waals surface area contributed by atoms with Crippen LogP contribution in [0.25, 0.3) is 0 Å². The average molecular weight is 276 g/mol. The minimum Gasteiger partial charge on any atom is -0.462 e. The molecule has 0 atom stereocenters. The first-order valence-electron chi connectivity index (χ1n) is 7.56. The van der Waals surface area contributed by atoms with Crippen molar-refractivity contribution >= 4 is 11.8 Å². The van der Waals surface area contributed by atoms with Gasteiger partial charge in [0.25, 0.3) is 0 Å². The minimum absolute atomic E-state index is 0.00355. The number of esters is 1. The number of ketones is 1. The molecule has 3 nitrogen and oxygen atoms in total. The van der Waals surface area contributed by atoms with E-state index in [0.29, 0.717) is 16.7 Å². The standard InChI is InChI=1S/C17H22O3/c1-12(8-9-20-14(3)18)6-7-16-13(2)10-15(19)11-17(16,4)5/h6,8,10H,9,11H2,1-5H3/b12-8+/i6D,10D. The molecule has 0 bridgehead atoms. The molecule has 0 fully saturated rings. The van der Waals surface area contributed by atoms with E-state index in [1.807, 2.05) is 13.8 Å². The monoisotopic (exact) mass is 276 g/mol. The van der Waals surface area contributed by atoms with E-state index in [0.717, 1.165) is 0 Å². The molecule has 0 amide bonds. The second-order valence-electron chi connectivity index (χ2n) is 5.55. The van der Waals surface area contributed by atoms with Crippen LogP contribution in [0.4, 0.5) is 0 Å². The summed E-state index contributed by atoms with van der Waals surface area (Å²) in [6, 6.07) is 0.160. The Balaban J connectivity index is 3.26. The zero-order valence-corrected chi connectivity index (χ0v) is 12.7. The summed E-state index contributed by atoms with van der Waals surface area (Å²) in [7, 11) is 0. The molecule has 0 unspecified atom stereocenters. The lowest BCUT2D eigenvalue weighted by molar-refractivity contribution is -0.139. The highest BCUT2D eigenvalue weighted by Gasteiger charge is 2.30. The van der Waals surface area contributed by atoms with Crippen molar-refractivity contribution in [2.75, 3.05) is 6.61 Å². The molecule has 0 aliphatic heterocycles. The number of hydrogen-bond donors (Lipinski definition) is 0. The third-order valence-corrected chi connectivity index (χ3v) is 3.04. The summed E-state index contributed by atoms with van der Waals surface area (Å²) < 4.78 is 20.7. The van der Waals surface area contributed by atoms with E-state index in [2.05, 4.69) is 5.73 Å². The van der Waals surface area contributed by atoms with Crippen LogP contribution in [-0.2, 0) is 14.3 Å². The highest BCUT2D eigenvalue weighted by molar-refractivity contribution is 5.93. The number of ether oxygens (including phenoxy) is 1. The summed E-state index contributed by atoms with van der Waals surface area (Å²) in [6.45, 7) is 8.72. The summed E-state index contributed by atoms with van der Waals surface area (Å²) in [5.41, 5.74) is 4.46. The third-order valence-electron chi connectivity index (χ3n) is 3.04. The van der Waals surface area contributed by atoms with Gasteiger partial charge in [0.05, 0.1) is 2.74 Å². The first-order valence-corrected chi connectivity index (χ1v) is 6.56. The lowest BCUT2D eigenvalue weighted by Crippen LogP contribution is -2.23. The number of carbonyl (C=O) groups excluding carboxylic acids is 2. The Hall–Kier alpha value is -1.86. The van der Waals surface area contributed by atoms with E-state index in [9.17, 15) is 9.59 Å². The molecule has 0 heterocycles. The Bertz CT molecular complexity index is 630. The Kier molecular flexibility index (Phi) is 4.29. The van der Waals surface area contributed by atoms with Gasteiger partial charge in [0, 0.05) is 24.3 Å². The van der Waals surface area contributed by atoms with Crippen LogP contribution in [0.3, 0.4) is 0 Å². The van der Waals surface area contributed by atoms with E-state index >= 15 is 0 Å². The maximum Gasteiger partial charge on any atom is 0.302 e. The van der Waals surface area contributed by atoms with Crippen molar-refractivity contribution in [3.8, 4) is 0 Å². The van der Waals surface area contributed by atoms with Gasteiger partial charge >= 0.3 is 5.97 Å². The smallest absolute Gasteiger partial charge is 0.302 e. The van der Waals surface area contributed by atoms with Gasteiger partial charge in [0.2, 0.25) is 0 Å². The van der Waals surface area contributed by atoms with Crippen LogP contribution in [0.2, 0.25) is 0 Å². The van der Waals surface area contributed by atoms with Crippen LogP contribution in [-0.4, -0.2) is 18.4 Å². The van der Waals surface area contributed by atoms with Crippen LogP contribution in [0.1, 0.15) is 43.8 Å². The van der Waals surface area contributed by atoms with Gasteiger partial charge in [-0.2, -0.15) is 0 Å². The van der Waals surface area contributed by atoms with Gasteiger partial charge in [-0.3, -0.25) is 9.59 Å². The van der Waals surface area contributed by atoms with Crippen LogP contribution < -0.4 is 0 Å². The van der Waals surface area contributed by atoms with Crippen molar-refractivity contribution in [2.24, 2.45) is 5.41 Å². The highest BCUT2D eigenvalue weighted by atomic mass is 16.5. The molecular weight excluding hydrogens is 252 g/mol. The van der Waals surface area contributed by atoms with Crippen LogP contribution in [0, 0.1) is 5.41 Å². The van der Waals surface area contributed by atoms with Gasteiger partial charge < -0.3 is 4.74 Å². The number of rotatable bonds is 3. The molecular formula is C17H22O3. The van der Waals surface area contributed by atoms with Crippen molar-refractivity contribution in [2.45, 2.75) is 41.0 Å². The lowest BCUT2D eigenvalue weighted by atomic mass is 9.73. The van der Waals surface area contributed by atoms with Crippen molar-refractivity contribution in [3.63, 3.8) is 0 Å². The van der Waals surface area contributed by atoms with E-state index in [-0.39, 0.29) is 36.9 Å². The normalized spacial score (nSPS) is 20.1. The number of allylic oxidation sites excluding steroid dienone is 4. The molecule has 0 saturated heterocycles. The maximum atomic E-state index is 11.8. The molecule has 20 heavy (non-hydrogen) atoms. The fraction of sp³-hybridized carbons (Fsp3) is 0.471. The predicted molar refractivity (Wildman–Crippen MR) is 79.1 cm³/mol. The van der Waals surface area contributed by atoms with Crippen LogP contribution in [0.5, 0.6) is 0 Å². The molecule has 0 radical (unpaired) electrons. The number of carbonyl (C=O) groups is 2. The highest BCUT2D eigenvalue weighted by Crippen LogP contribution is 2.38. The largest absolute Gasteiger partial charge is 0.462 e. The molecule has 0 aromatic heterocycles. The lowest BCUT2D eigenvalue weighted by Gasteiger charge is -2.29. The topological polar surface area (TPSA) is 43.4 Å². The molecule has 0 aromatic rings. The van der Waals surface area contributed by atoms with Gasteiger partial charge in [-0.25, -0.2) is 0 Å². The Labute approximate surface area is 123 Å². The average Bonchev–Trinajstić information content (AvgIpc) is 2.40. The SMILES string of the molecule is [2H]C(=C=C1C(C)=C([2H])C(=O)CC1(C)C)/C(C)=C/COC(C)=O. The van der Waals surface area contributed by atoms with Crippen molar-refractivity contribution in [3.05, 3.63) is 40.6 Å². The second kappa shape index (κ2) is 6.53. The summed E-state index contributed by atoms with van der Waals surface area (Å²) in [5.74, 6) is -0.552. The molecule has 1 aliphatic rings. The Morgan fingerprint density at radius 3 is 2.85 bits per heavy atom. The molecule has 108 valence electrons.